The number of hydrogen-bond acceptors (Lipinski definition) is 3. The first-order valence-electron chi connectivity index (χ1n) is 5.42. The molecule has 0 amide bonds. The molecule has 0 bridgehead atoms. The average Bonchev–Trinajstić information content (AvgIpc) is 2.70. The molecule has 2 N–H and O–H groups in total. The molecule has 4 nitrogen and oxygen atoms in total. The number of pyridine rings is 1. The second-order valence-corrected chi connectivity index (χ2v) is 4.02. The van der Waals surface area contributed by atoms with Crippen LogP contribution < -0.4 is 5.73 Å². The van der Waals surface area contributed by atoms with E-state index < -0.39 is 0 Å². The first-order chi connectivity index (χ1) is 8.24. The van der Waals surface area contributed by atoms with Gasteiger partial charge in [-0.05, 0) is 19.1 Å². The van der Waals surface area contributed by atoms with Crippen LogP contribution in [0.15, 0.2) is 42.5 Å². The molecular formula is C13H12N4. The van der Waals surface area contributed by atoms with Crippen molar-refractivity contribution in [3.63, 3.8) is 0 Å². The molecule has 0 spiro atoms. The van der Waals surface area contributed by atoms with E-state index in [1.807, 2.05) is 18.2 Å². The van der Waals surface area contributed by atoms with Gasteiger partial charge < -0.3 is 5.73 Å². The summed E-state index contributed by atoms with van der Waals surface area (Å²) in [7, 11) is 0. The molecule has 84 valence electrons. The minimum atomic E-state index is 0.296. The van der Waals surface area contributed by atoms with Crippen LogP contribution in [0.5, 0.6) is 0 Å². The van der Waals surface area contributed by atoms with Gasteiger partial charge in [-0.1, -0.05) is 35.9 Å². The van der Waals surface area contributed by atoms with Crippen molar-refractivity contribution in [1.82, 2.24) is 14.6 Å². The fraction of sp³-hybridized carbons (Fsp3) is 0.0769. The molecule has 0 saturated carbocycles. The fourth-order valence-corrected chi connectivity index (χ4v) is 1.86. The zero-order valence-electron chi connectivity index (χ0n) is 9.46. The Labute approximate surface area is 98.7 Å². The molecule has 0 radical (unpaired) electrons. The van der Waals surface area contributed by atoms with Crippen LogP contribution >= 0.6 is 0 Å². The van der Waals surface area contributed by atoms with Crippen molar-refractivity contribution >= 4 is 11.6 Å². The van der Waals surface area contributed by atoms with Crippen molar-refractivity contribution in [2.75, 3.05) is 5.73 Å². The first-order valence-corrected chi connectivity index (χ1v) is 5.42. The van der Waals surface area contributed by atoms with Crippen LogP contribution in [-0.4, -0.2) is 14.6 Å². The van der Waals surface area contributed by atoms with Crippen molar-refractivity contribution in [1.29, 1.82) is 0 Å². The van der Waals surface area contributed by atoms with Crippen LogP contribution in [0.1, 0.15) is 5.56 Å². The lowest BCUT2D eigenvalue weighted by Gasteiger charge is -2.04. The number of anilines is 1. The topological polar surface area (TPSA) is 56.2 Å². The van der Waals surface area contributed by atoms with Gasteiger partial charge in [-0.3, -0.25) is 0 Å². The zero-order chi connectivity index (χ0) is 11.8. The van der Waals surface area contributed by atoms with Gasteiger partial charge in [-0.15, -0.1) is 5.10 Å². The lowest BCUT2D eigenvalue weighted by atomic mass is 10.1. The van der Waals surface area contributed by atoms with Crippen LogP contribution in [0.2, 0.25) is 0 Å². The summed E-state index contributed by atoms with van der Waals surface area (Å²) in [6, 6.07) is 14.2. The minimum Gasteiger partial charge on any atom is -0.366 e. The Balaban J connectivity index is 2.26. The molecule has 0 fully saturated rings. The van der Waals surface area contributed by atoms with E-state index in [9.17, 15) is 0 Å². The summed E-state index contributed by atoms with van der Waals surface area (Å²) in [6.45, 7) is 2.07. The van der Waals surface area contributed by atoms with E-state index in [2.05, 4.69) is 41.3 Å². The molecule has 1 aromatic carbocycles. The summed E-state index contributed by atoms with van der Waals surface area (Å²) in [5.74, 6) is 0.296. The number of nitrogen functional groups attached to an aromatic ring is 1. The standard InChI is InChI=1S/C13H12N4/c1-9-5-7-10(8-6-9)11-3-2-4-12-15-13(14)16-17(11)12/h2-8H,1H3,(H2,14,16). The predicted octanol–water partition coefficient (Wildman–Crippen LogP) is 2.29. The van der Waals surface area contributed by atoms with E-state index in [0.29, 0.717) is 5.95 Å². The van der Waals surface area contributed by atoms with Crippen molar-refractivity contribution in [3.05, 3.63) is 48.0 Å². The Morgan fingerprint density at radius 3 is 2.59 bits per heavy atom. The van der Waals surface area contributed by atoms with E-state index in [1.165, 1.54) is 5.56 Å². The summed E-state index contributed by atoms with van der Waals surface area (Å²) in [6.07, 6.45) is 0. The molecule has 0 atom stereocenters. The van der Waals surface area contributed by atoms with E-state index in [1.54, 1.807) is 4.52 Å². The average molecular weight is 224 g/mol. The Morgan fingerprint density at radius 1 is 1.06 bits per heavy atom. The first kappa shape index (κ1) is 9.84. The maximum absolute atomic E-state index is 5.62. The smallest absolute Gasteiger partial charge is 0.240 e. The monoisotopic (exact) mass is 224 g/mol. The summed E-state index contributed by atoms with van der Waals surface area (Å²) < 4.78 is 1.76. The second kappa shape index (κ2) is 3.59. The normalized spacial score (nSPS) is 10.9. The van der Waals surface area contributed by atoms with Crippen molar-refractivity contribution in [3.8, 4) is 11.3 Å². The van der Waals surface area contributed by atoms with Crippen molar-refractivity contribution in [2.45, 2.75) is 6.92 Å². The van der Waals surface area contributed by atoms with Crippen LogP contribution in [0.25, 0.3) is 16.9 Å². The highest BCUT2D eigenvalue weighted by molar-refractivity contribution is 5.63. The van der Waals surface area contributed by atoms with E-state index in [4.69, 9.17) is 5.73 Å². The van der Waals surface area contributed by atoms with Gasteiger partial charge in [-0.25, -0.2) is 4.52 Å². The quantitative estimate of drug-likeness (QED) is 0.690. The van der Waals surface area contributed by atoms with Gasteiger partial charge in [0.15, 0.2) is 5.65 Å². The molecule has 0 aliphatic heterocycles. The lowest BCUT2D eigenvalue weighted by Crippen LogP contribution is -1.94. The van der Waals surface area contributed by atoms with Gasteiger partial charge in [-0.2, -0.15) is 4.98 Å². The van der Waals surface area contributed by atoms with Gasteiger partial charge in [0, 0.05) is 5.56 Å². The summed E-state index contributed by atoms with van der Waals surface area (Å²) in [5.41, 5.74) is 9.71. The van der Waals surface area contributed by atoms with Gasteiger partial charge in [0.05, 0.1) is 5.69 Å². The highest BCUT2D eigenvalue weighted by Crippen LogP contribution is 2.20. The second-order valence-electron chi connectivity index (χ2n) is 4.02. The SMILES string of the molecule is Cc1ccc(-c2cccc3nc(N)nn23)cc1. The third-order valence-electron chi connectivity index (χ3n) is 2.72. The third kappa shape index (κ3) is 1.63. The number of rotatable bonds is 1. The Kier molecular flexibility index (Phi) is 2.08. The fourth-order valence-electron chi connectivity index (χ4n) is 1.86. The molecule has 2 aromatic heterocycles. The molecule has 0 saturated heterocycles. The van der Waals surface area contributed by atoms with Gasteiger partial charge in [0.25, 0.3) is 0 Å². The van der Waals surface area contributed by atoms with Gasteiger partial charge >= 0.3 is 0 Å². The molecular weight excluding hydrogens is 212 g/mol. The van der Waals surface area contributed by atoms with Crippen LogP contribution in [0, 0.1) is 6.92 Å². The number of fused-ring (bicyclic) bond motifs is 1. The summed E-state index contributed by atoms with van der Waals surface area (Å²) in [5, 5.41) is 4.20. The third-order valence-corrected chi connectivity index (χ3v) is 2.72. The number of aromatic nitrogens is 3. The van der Waals surface area contributed by atoms with Crippen LogP contribution in [-0.2, 0) is 0 Å². The zero-order valence-corrected chi connectivity index (χ0v) is 9.46. The number of aryl methyl sites for hydroxylation is 1. The number of nitrogens with two attached hydrogens (primary N) is 1. The Bertz CT molecular complexity index is 667. The summed E-state index contributed by atoms with van der Waals surface area (Å²) >= 11 is 0. The number of benzene rings is 1. The predicted molar refractivity (Wildman–Crippen MR) is 67.6 cm³/mol. The highest BCUT2D eigenvalue weighted by atomic mass is 15.3. The van der Waals surface area contributed by atoms with Gasteiger partial charge in [0.1, 0.15) is 0 Å². The van der Waals surface area contributed by atoms with E-state index >= 15 is 0 Å². The molecule has 3 aromatic rings. The maximum atomic E-state index is 5.62. The summed E-state index contributed by atoms with van der Waals surface area (Å²) in [4.78, 5) is 4.15. The van der Waals surface area contributed by atoms with E-state index in [0.717, 1.165) is 16.9 Å². The van der Waals surface area contributed by atoms with Gasteiger partial charge in [0.2, 0.25) is 5.95 Å². The van der Waals surface area contributed by atoms with Crippen LogP contribution in [0.4, 0.5) is 5.95 Å². The van der Waals surface area contributed by atoms with Crippen molar-refractivity contribution < 1.29 is 0 Å². The molecule has 0 unspecified atom stereocenters. The largest absolute Gasteiger partial charge is 0.366 e. The molecule has 0 aliphatic carbocycles. The minimum absolute atomic E-state index is 0.296. The molecule has 17 heavy (non-hydrogen) atoms. The number of hydrogen-bond donors (Lipinski definition) is 1. The van der Waals surface area contributed by atoms with Crippen molar-refractivity contribution in [2.24, 2.45) is 0 Å². The molecule has 0 aliphatic rings. The highest BCUT2D eigenvalue weighted by Gasteiger charge is 2.06. The van der Waals surface area contributed by atoms with Crippen LogP contribution in [0.3, 0.4) is 0 Å². The molecule has 2 heterocycles. The molecule has 3 rings (SSSR count). The number of nitrogens with zero attached hydrogens (tertiary/aromatic N) is 3. The Hall–Kier alpha value is -2.36. The lowest BCUT2D eigenvalue weighted by molar-refractivity contribution is 0.976. The Morgan fingerprint density at radius 2 is 1.82 bits per heavy atom. The van der Waals surface area contributed by atoms with E-state index in [-0.39, 0.29) is 0 Å². The maximum Gasteiger partial charge on any atom is 0.240 e. The molecule has 4 heteroatoms.